The van der Waals surface area contributed by atoms with Gasteiger partial charge in [-0.15, -0.1) is 13.2 Å². The van der Waals surface area contributed by atoms with Gasteiger partial charge in [-0.05, 0) is 19.1 Å². The molecule has 1 heterocycles. The summed E-state index contributed by atoms with van der Waals surface area (Å²) in [6.45, 7) is 2.66. The number of halogens is 3. The molecule has 1 aromatic carbocycles. The second-order valence-corrected chi connectivity index (χ2v) is 3.55. The summed E-state index contributed by atoms with van der Waals surface area (Å²) >= 11 is 0. The van der Waals surface area contributed by atoms with Crippen LogP contribution < -0.4 is 10.5 Å². The SMILES string of the molecule is CCOC=O.Nc1cc(OC(F)(F)F)cc2cc[nH]c12. The van der Waals surface area contributed by atoms with E-state index >= 15 is 0 Å². The molecule has 0 amide bonds. The second kappa shape index (κ2) is 6.69. The highest BCUT2D eigenvalue weighted by Gasteiger charge is 2.31. The molecule has 0 atom stereocenters. The van der Waals surface area contributed by atoms with Gasteiger partial charge in [-0.2, -0.15) is 0 Å². The molecule has 8 heteroatoms. The fraction of sp³-hybridized carbons (Fsp3) is 0.250. The van der Waals surface area contributed by atoms with Crippen molar-refractivity contribution in [1.29, 1.82) is 0 Å². The number of carbonyl (C=O) groups is 1. The Hall–Kier alpha value is -2.38. The van der Waals surface area contributed by atoms with E-state index in [1.807, 2.05) is 0 Å². The summed E-state index contributed by atoms with van der Waals surface area (Å²) in [7, 11) is 0. The molecule has 0 saturated carbocycles. The number of ether oxygens (including phenoxy) is 2. The number of alkyl halides is 3. The average Bonchev–Trinajstić information content (AvgIpc) is 2.77. The molecule has 0 unspecified atom stereocenters. The number of anilines is 1. The van der Waals surface area contributed by atoms with Crippen LogP contribution in [-0.2, 0) is 9.53 Å². The van der Waals surface area contributed by atoms with E-state index in [-0.39, 0.29) is 11.4 Å². The third kappa shape index (κ3) is 4.71. The number of rotatable bonds is 3. The standard InChI is InChI=1S/C9H7F3N2O.C3H6O2/c10-9(11,12)15-6-3-5-1-2-14-8(5)7(13)4-6;1-2-5-3-4/h1-4,14H,13H2;3H,2H2,1H3. The number of nitrogens with two attached hydrogens (primary N) is 1. The predicted octanol–water partition coefficient (Wildman–Crippen LogP) is 2.83. The lowest BCUT2D eigenvalue weighted by molar-refractivity contribution is -0.274. The number of hydrogen-bond acceptors (Lipinski definition) is 4. The summed E-state index contributed by atoms with van der Waals surface area (Å²) in [5.74, 6) is -0.313. The summed E-state index contributed by atoms with van der Waals surface area (Å²) in [4.78, 5) is 12.0. The van der Waals surface area contributed by atoms with E-state index in [2.05, 4.69) is 14.5 Å². The molecule has 0 saturated heterocycles. The highest BCUT2D eigenvalue weighted by Crippen LogP contribution is 2.29. The topological polar surface area (TPSA) is 77.3 Å². The Bertz CT molecular complexity index is 567. The van der Waals surface area contributed by atoms with Crippen LogP contribution in [0, 0.1) is 0 Å². The van der Waals surface area contributed by atoms with E-state index in [1.54, 1.807) is 19.2 Å². The van der Waals surface area contributed by atoms with Crippen molar-refractivity contribution in [1.82, 2.24) is 4.98 Å². The predicted molar refractivity (Wildman–Crippen MR) is 67.1 cm³/mol. The quantitative estimate of drug-likeness (QED) is 0.673. The minimum absolute atomic E-state index is 0.219. The number of benzene rings is 1. The molecule has 1 aromatic heterocycles. The van der Waals surface area contributed by atoms with Crippen LogP contribution in [0.15, 0.2) is 24.4 Å². The first kappa shape index (κ1) is 15.7. The zero-order valence-electron chi connectivity index (χ0n) is 10.5. The van der Waals surface area contributed by atoms with Crippen LogP contribution in [0.4, 0.5) is 18.9 Å². The molecule has 0 radical (unpaired) electrons. The number of aromatic amines is 1. The van der Waals surface area contributed by atoms with E-state index in [9.17, 15) is 18.0 Å². The summed E-state index contributed by atoms with van der Waals surface area (Å²) in [6.07, 6.45) is -3.10. The Kier molecular flexibility index (Phi) is 5.24. The second-order valence-electron chi connectivity index (χ2n) is 3.55. The Labute approximate surface area is 112 Å². The van der Waals surface area contributed by atoms with Gasteiger partial charge in [0.1, 0.15) is 5.75 Å². The molecule has 0 spiro atoms. The summed E-state index contributed by atoms with van der Waals surface area (Å²) in [5, 5.41) is 0.578. The smallest absolute Gasteiger partial charge is 0.468 e. The van der Waals surface area contributed by atoms with E-state index in [1.165, 1.54) is 6.07 Å². The third-order valence-electron chi connectivity index (χ3n) is 2.13. The molecule has 0 aliphatic rings. The molecule has 0 aliphatic carbocycles. The van der Waals surface area contributed by atoms with Crippen molar-refractivity contribution in [3.63, 3.8) is 0 Å². The number of nitrogens with one attached hydrogen (secondary N) is 1. The van der Waals surface area contributed by atoms with Crippen LogP contribution >= 0.6 is 0 Å². The first-order valence-electron chi connectivity index (χ1n) is 5.55. The molecular weight excluding hydrogens is 277 g/mol. The molecule has 110 valence electrons. The number of aromatic nitrogens is 1. The molecule has 2 aromatic rings. The lowest BCUT2D eigenvalue weighted by Crippen LogP contribution is -2.17. The van der Waals surface area contributed by atoms with Crippen molar-refractivity contribution < 1.29 is 27.4 Å². The van der Waals surface area contributed by atoms with Crippen molar-refractivity contribution in [2.75, 3.05) is 12.3 Å². The molecule has 2 rings (SSSR count). The first-order chi connectivity index (χ1) is 9.37. The average molecular weight is 290 g/mol. The zero-order chi connectivity index (χ0) is 15.2. The van der Waals surface area contributed by atoms with Gasteiger partial charge in [-0.1, -0.05) is 0 Å². The normalized spacial score (nSPS) is 10.6. The van der Waals surface area contributed by atoms with Crippen molar-refractivity contribution in [2.24, 2.45) is 0 Å². The van der Waals surface area contributed by atoms with Gasteiger partial charge in [-0.25, -0.2) is 0 Å². The van der Waals surface area contributed by atoms with Crippen molar-refractivity contribution >= 4 is 23.1 Å². The third-order valence-corrected chi connectivity index (χ3v) is 2.13. The van der Waals surface area contributed by atoms with Crippen LogP contribution in [0.1, 0.15) is 6.92 Å². The van der Waals surface area contributed by atoms with E-state index < -0.39 is 6.36 Å². The maximum Gasteiger partial charge on any atom is 0.573 e. The molecule has 5 nitrogen and oxygen atoms in total. The maximum absolute atomic E-state index is 11.9. The number of H-pyrrole nitrogens is 1. The van der Waals surface area contributed by atoms with Crippen molar-refractivity contribution in [3.8, 4) is 5.75 Å². The lowest BCUT2D eigenvalue weighted by Gasteiger charge is -2.09. The van der Waals surface area contributed by atoms with Gasteiger partial charge >= 0.3 is 6.36 Å². The Balaban J connectivity index is 0.000000347. The Morgan fingerprint density at radius 1 is 1.40 bits per heavy atom. The maximum atomic E-state index is 11.9. The minimum Gasteiger partial charge on any atom is -0.468 e. The Morgan fingerprint density at radius 2 is 2.10 bits per heavy atom. The highest BCUT2D eigenvalue weighted by atomic mass is 19.4. The van der Waals surface area contributed by atoms with Gasteiger partial charge in [0.05, 0.1) is 17.8 Å². The monoisotopic (exact) mass is 290 g/mol. The number of nitrogen functional groups attached to an aromatic ring is 1. The van der Waals surface area contributed by atoms with Gasteiger partial charge in [0.2, 0.25) is 0 Å². The van der Waals surface area contributed by atoms with Crippen LogP contribution in [0.2, 0.25) is 0 Å². The molecule has 3 N–H and O–H groups in total. The highest BCUT2D eigenvalue weighted by molar-refractivity contribution is 5.91. The van der Waals surface area contributed by atoms with Crippen molar-refractivity contribution in [3.05, 3.63) is 24.4 Å². The number of carbonyl (C=O) groups excluding carboxylic acids is 1. The van der Waals surface area contributed by atoms with E-state index in [0.717, 1.165) is 6.07 Å². The molecule has 0 fully saturated rings. The molecule has 0 aliphatic heterocycles. The van der Waals surface area contributed by atoms with Gasteiger partial charge in [-0.3, -0.25) is 4.79 Å². The largest absolute Gasteiger partial charge is 0.573 e. The fourth-order valence-electron chi connectivity index (χ4n) is 1.43. The molecular formula is C12H13F3N2O3. The summed E-state index contributed by atoms with van der Waals surface area (Å²) in [5.41, 5.74) is 6.36. The molecule has 0 bridgehead atoms. The Morgan fingerprint density at radius 3 is 2.60 bits per heavy atom. The van der Waals surface area contributed by atoms with Gasteiger partial charge in [0.15, 0.2) is 0 Å². The first-order valence-corrected chi connectivity index (χ1v) is 5.55. The fourth-order valence-corrected chi connectivity index (χ4v) is 1.43. The van der Waals surface area contributed by atoms with Gasteiger partial charge < -0.3 is 20.2 Å². The summed E-state index contributed by atoms with van der Waals surface area (Å²) < 4.78 is 43.7. The molecule has 20 heavy (non-hydrogen) atoms. The zero-order valence-corrected chi connectivity index (χ0v) is 10.5. The number of hydrogen-bond donors (Lipinski definition) is 2. The van der Waals surface area contributed by atoms with Crippen LogP contribution in [-0.4, -0.2) is 24.4 Å². The van der Waals surface area contributed by atoms with Gasteiger partial charge in [0.25, 0.3) is 6.47 Å². The lowest BCUT2D eigenvalue weighted by atomic mass is 10.2. The van der Waals surface area contributed by atoms with Gasteiger partial charge in [0, 0.05) is 17.6 Å². The van der Waals surface area contributed by atoms with Crippen LogP contribution in [0.3, 0.4) is 0 Å². The van der Waals surface area contributed by atoms with E-state index in [4.69, 9.17) is 5.73 Å². The number of fused-ring (bicyclic) bond motifs is 1. The van der Waals surface area contributed by atoms with Crippen molar-refractivity contribution in [2.45, 2.75) is 13.3 Å². The van der Waals surface area contributed by atoms with E-state index in [0.29, 0.717) is 24.0 Å². The summed E-state index contributed by atoms with van der Waals surface area (Å²) in [6, 6.07) is 4.02. The van der Waals surface area contributed by atoms with Crippen LogP contribution in [0.5, 0.6) is 5.75 Å². The van der Waals surface area contributed by atoms with Crippen LogP contribution in [0.25, 0.3) is 10.9 Å². The minimum atomic E-state index is -4.70.